The second-order valence-corrected chi connectivity index (χ2v) is 5.87. The predicted octanol–water partition coefficient (Wildman–Crippen LogP) is 1.23. The number of aromatic amines is 1. The third-order valence-corrected chi connectivity index (χ3v) is 3.63. The molecule has 0 fully saturated rings. The molecule has 6 nitrogen and oxygen atoms in total. The van der Waals surface area contributed by atoms with Crippen molar-refractivity contribution in [2.75, 3.05) is 12.4 Å². The number of nitrogens with two attached hydrogens (primary N) is 1. The van der Waals surface area contributed by atoms with Crippen molar-refractivity contribution < 1.29 is 9.53 Å². The number of H-pyrrole nitrogens is 1. The van der Waals surface area contributed by atoms with Crippen LogP contribution in [0.1, 0.15) is 32.4 Å². The first-order valence-electron chi connectivity index (χ1n) is 6.52. The molecule has 0 aliphatic heterocycles. The number of hydrogen-bond acceptors (Lipinski definition) is 6. The molecular weight excluding hydrogens is 278 g/mol. The van der Waals surface area contributed by atoms with Crippen LogP contribution in [-0.4, -0.2) is 33.8 Å². The van der Waals surface area contributed by atoms with Crippen molar-refractivity contribution in [1.82, 2.24) is 9.97 Å². The molecule has 112 valence electrons. The van der Waals surface area contributed by atoms with Gasteiger partial charge in [0.2, 0.25) is 0 Å². The Labute approximate surface area is 122 Å². The summed E-state index contributed by atoms with van der Waals surface area (Å²) in [5, 5.41) is 0.588. The van der Waals surface area contributed by atoms with Gasteiger partial charge in [0.25, 0.3) is 5.56 Å². The van der Waals surface area contributed by atoms with Crippen molar-refractivity contribution >= 4 is 17.7 Å². The van der Waals surface area contributed by atoms with Gasteiger partial charge in [0.1, 0.15) is 5.54 Å². The van der Waals surface area contributed by atoms with E-state index < -0.39 is 5.54 Å². The van der Waals surface area contributed by atoms with Gasteiger partial charge in [-0.2, -0.15) is 0 Å². The van der Waals surface area contributed by atoms with Crippen LogP contribution in [0.25, 0.3) is 0 Å². The highest BCUT2D eigenvalue weighted by atomic mass is 32.2. The maximum atomic E-state index is 11.6. The quantitative estimate of drug-likeness (QED) is 0.340. The molecule has 0 amide bonds. The van der Waals surface area contributed by atoms with E-state index in [2.05, 4.69) is 9.97 Å². The Morgan fingerprint density at radius 2 is 2.30 bits per heavy atom. The minimum absolute atomic E-state index is 0.157. The average Bonchev–Trinajstić information content (AvgIpc) is 2.34. The fourth-order valence-electron chi connectivity index (χ4n) is 1.63. The molecular formula is C13H21N3O3S. The van der Waals surface area contributed by atoms with Gasteiger partial charge in [0.05, 0.1) is 6.61 Å². The van der Waals surface area contributed by atoms with E-state index in [0.29, 0.717) is 23.9 Å². The van der Waals surface area contributed by atoms with Crippen LogP contribution in [0.5, 0.6) is 0 Å². The van der Waals surface area contributed by atoms with Crippen molar-refractivity contribution in [1.29, 1.82) is 0 Å². The number of carbonyl (C=O) groups excluding carboxylic acids is 1. The predicted molar refractivity (Wildman–Crippen MR) is 78.8 cm³/mol. The van der Waals surface area contributed by atoms with Crippen LogP contribution in [0, 0.1) is 6.92 Å². The highest BCUT2D eigenvalue weighted by molar-refractivity contribution is 7.99. The van der Waals surface area contributed by atoms with Gasteiger partial charge in [0.15, 0.2) is 5.16 Å². The molecule has 1 atom stereocenters. The first-order valence-corrected chi connectivity index (χ1v) is 7.50. The minimum atomic E-state index is -0.968. The van der Waals surface area contributed by atoms with E-state index in [-0.39, 0.29) is 11.5 Å². The Balaban J connectivity index is 2.41. The summed E-state index contributed by atoms with van der Waals surface area (Å²) < 4.78 is 4.92. The Kier molecular flexibility index (Phi) is 6.22. The van der Waals surface area contributed by atoms with Crippen LogP contribution in [0.4, 0.5) is 0 Å². The van der Waals surface area contributed by atoms with Crippen LogP contribution < -0.4 is 11.3 Å². The molecule has 1 aromatic heterocycles. The number of aromatic nitrogens is 2. The lowest BCUT2D eigenvalue weighted by molar-refractivity contribution is -0.149. The number of aryl methyl sites for hydroxylation is 1. The Morgan fingerprint density at radius 1 is 1.60 bits per heavy atom. The molecule has 0 bridgehead atoms. The minimum Gasteiger partial charge on any atom is -0.465 e. The number of ether oxygens (including phenoxy) is 1. The molecule has 1 heterocycles. The number of nitrogens with one attached hydrogen (secondary N) is 1. The molecule has 1 rings (SSSR count). The van der Waals surface area contributed by atoms with Gasteiger partial charge >= 0.3 is 5.97 Å². The maximum Gasteiger partial charge on any atom is 0.325 e. The summed E-state index contributed by atoms with van der Waals surface area (Å²) in [7, 11) is 0. The molecule has 0 saturated heterocycles. The topological polar surface area (TPSA) is 98.1 Å². The van der Waals surface area contributed by atoms with Crippen molar-refractivity contribution in [3.05, 3.63) is 22.1 Å². The van der Waals surface area contributed by atoms with Gasteiger partial charge in [-0.25, -0.2) is 4.98 Å². The van der Waals surface area contributed by atoms with Crippen molar-refractivity contribution in [3.63, 3.8) is 0 Å². The van der Waals surface area contributed by atoms with Crippen LogP contribution in [-0.2, 0) is 9.53 Å². The van der Waals surface area contributed by atoms with Gasteiger partial charge in [-0.15, -0.1) is 0 Å². The zero-order valence-electron chi connectivity index (χ0n) is 12.1. The van der Waals surface area contributed by atoms with E-state index in [1.165, 1.54) is 17.8 Å². The van der Waals surface area contributed by atoms with Crippen LogP contribution in [0.2, 0.25) is 0 Å². The zero-order chi connectivity index (χ0) is 15.2. The van der Waals surface area contributed by atoms with Gasteiger partial charge in [-0.3, -0.25) is 9.59 Å². The molecule has 0 spiro atoms. The SMILES string of the molecule is CCOC(=O)C(C)(N)CCCSc1nc(C)cc(=O)[nH]1. The fourth-order valence-corrected chi connectivity index (χ4v) is 2.49. The average molecular weight is 299 g/mol. The normalized spacial score (nSPS) is 13.8. The zero-order valence-corrected chi connectivity index (χ0v) is 12.9. The molecule has 0 aliphatic carbocycles. The number of thioether (sulfide) groups is 1. The van der Waals surface area contributed by atoms with Gasteiger partial charge < -0.3 is 15.5 Å². The van der Waals surface area contributed by atoms with Crippen LogP contribution in [0.15, 0.2) is 16.0 Å². The smallest absolute Gasteiger partial charge is 0.325 e. The molecule has 7 heteroatoms. The van der Waals surface area contributed by atoms with Crippen molar-refractivity contribution in [3.8, 4) is 0 Å². The number of hydrogen-bond donors (Lipinski definition) is 2. The molecule has 20 heavy (non-hydrogen) atoms. The van der Waals surface area contributed by atoms with Crippen molar-refractivity contribution in [2.45, 2.75) is 44.3 Å². The maximum absolute atomic E-state index is 11.6. The lowest BCUT2D eigenvalue weighted by Gasteiger charge is -2.21. The van der Waals surface area contributed by atoms with Crippen molar-refractivity contribution in [2.24, 2.45) is 5.73 Å². The number of esters is 1. The second-order valence-electron chi connectivity index (χ2n) is 4.78. The van der Waals surface area contributed by atoms with Crippen LogP contribution >= 0.6 is 11.8 Å². The van der Waals surface area contributed by atoms with E-state index in [4.69, 9.17) is 10.5 Å². The van der Waals surface area contributed by atoms with Gasteiger partial charge in [-0.1, -0.05) is 11.8 Å². The summed E-state index contributed by atoms with van der Waals surface area (Å²) in [5.41, 5.74) is 5.48. The number of rotatable bonds is 7. The summed E-state index contributed by atoms with van der Waals surface area (Å²) in [4.78, 5) is 29.8. The van der Waals surface area contributed by atoms with E-state index in [0.717, 1.165) is 12.2 Å². The highest BCUT2D eigenvalue weighted by Crippen LogP contribution is 2.17. The summed E-state index contributed by atoms with van der Waals surface area (Å²) in [6, 6.07) is 1.45. The summed E-state index contributed by atoms with van der Waals surface area (Å²) in [6.45, 7) is 5.53. The molecule has 0 radical (unpaired) electrons. The van der Waals surface area contributed by atoms with Gasteiger partial charge in [0, 0.05) is 17.5 Å². The molecule has 1 unspecified atom stereocenters. The highest BCUT2D eigenvalue weighted by Gasteiger charge is 2.29. The second kappa shape index (κ2) is 7.44. The molecule has 0 aliphatic rings. The summed E-state index contributed by atoms with van der Waals surface area (Å²) in [6.07, 6.45) is 1.25. The standard InChI is InChI=1S/C13H21N3O3S/c1-4-19-11(18)13(3,14)6-5-7-20-12-15-9(2)8-10(17)16-12/h8H,4-7,14H2,1-3H3,(H,15,16,17). The molecule has 0 saturated carbocycles. The number of nitrogens with zero attached hydrogens (tertiary/aromatic N) is 1. The summed E-state index contributed by atoms with van der Waals surface area (Å²) >= 11 is 1.44. The molecule has 3 N–H and O–H groups in total. The largest absolute Gasteiger partial charge is 0.465 e. The van der Waals surface area contributed by atoms with E-state index >= 15 is 0 Å². The monoisotopic (exact) mass is 299 g/mol. The van der Waals surface area contributed by atoms with E-state index in [1.807, 2.05) is 0 Å². The third-order valence-electron chi connectivity index (χ3n) is 2.67. The first kappa shape index (κ1) is 16.7. The Bertz CT molecular complexity index is 514. The third kappa shape index (κ3) is 5.34. The van der Waals surface area contributed by atoms with Crippen LogP contribution in [0.3, 0.4) is 0 Å². The Hall–Kier alpha value is -1.34. The lowest BCUT2D eigenvalue weighted by atomic mass is 9.98. The van der Waals surface area contributed by atoms with Gasteiger partial charge in [-0.05, 0) is 33.6 Å². The first-order chi connectivity index (χ1) is 9.35. The van der Waals surface area contributed by atoms with E-state index in [1.54, 1.807) is 20.8 Å². The summed E-state index contributed by atoms with van der Waals surface area (Å²) in [5.74, 6) is 0.338. The number of carbonyl (C=O) groups is 1. The molecule has 0 aromatic carbocycles. The Morgan fingerprint density at radius 3 is 2.90 bits per heavy atom. The lowest BCUT2D eigenvalue weighted by Crippen LogP contribution is -2.46. The molecule has 1 aromatic rings. The fraction of sp³-hybridized carbons (Fsp3) is 0.615. The van der Waals surface area contributed by atoms with E-state index in [9.17, 15) is 9.59 Å².